The van der Waals surface area contributed by atoms with Gasteiger partial charge in [-0.1, -0.05) is 12.0 Å². The van der Waals surface area contributed by atoms with E-state index in [0.717, 1.165) is 0 Å². The molecule has 0 aliphatic rings. The van der Waals surface area contributed by atoms with Crippen molar-refractivity contribution in [1.29, 1.82) is 0 Å². The highest BCUT2D eigenvalue weighted by Gasteiger charge is 2.04. The highest BCUT2D eigenvalue weighted by Crippen LogP contribution is 2.19. The molecule has 0 N–H and O–H groups in total. The van der Waals surface area contributed by atoms with Crippen LogP contribution in [0.1, 0.15) is 11.3 Å². The van der Waals surface area contributed by atoms with Crippen molar-refractivity contribution in [1.82, 2.24) is 14.8 Å². The van der Waals surface area contributed by atoms with E-state index in [9.17, 15) is 4.39 Å². The summed E-state index contributed by atoms with van der Waals surface area (Å²) in [5.41, 5.74) is 2.05. The average Bonchev–Trinajstić information content (AvgIpc) is 3.02. The molecular formula is C17H9FN4. The van der Waals surface area contributed by atoms with E-state index in [4.69, 9.17) is 6.57 Å². The zero-order valence-electron chi connectivity index (χ0n) is 11.4. The Balaban J connectivity index is 1.90. The summed E-state index contributed by atoms with van der Waals surface area (Å²) in [6.07, 6.45) is 4.93. The number of hydrogen-bond acceptors (Lipinski definition) is 2. The van der Waals surface area contributed by atoms with E-state index < -0.39 is 5.82 Å². The summed E-state index contributed by atoms with van der Waals surface area (Å²) in [6, 6.07) is 9.56. The maximum absolute atomic E-state index is 13.5. The Bertz CT molecular complexity index is 911. The van der Waals surface area contributed by atoms with Crippen LogP contribution in [0.5, 0.6) is 0 Å². The molecule has 5 heteroatoms. The molecule has 2 heterocycles. The van der Waals surface area contributed by atoms with Crippen LogP contribution in [0, 0.1) is 24.2 Å². The quantitative estimate of drug-likeness (QED) is 0.508. The number of rotatable bonds is 1. The van der Waals surface area contributed by atoms with Crippen LogP contribution in [-0.4, -0.2) is 14.8 Å². The Morgan fingerprint density at radius 1 is 1.18 bits per heavy atom. The molecule has 0 fully saturated rings. The molecule has 0 aliphatic carbocycles. The molecule has 22 heavy (non-hydrogen) atoms. The summed E-state index contributed by atoms with van der Waals surface area (Å²) in [5, 5.41) is 4.14. The number of hydrogen-bond donors (Lipinski definition) is 0. The normalized spacial score (nSPS) is 9.64. The van der Waals surface area contributed by atoms with Gasteiger partial charge in [0.2, 0.25) is 0 Å². The fourth-order valence-electron chi connectivity index (χ4n) is 1.86. The molecule has 2 aromatic heterocycles. The van der Waals surface area contributed by atoms with Crippen LogP contribution < -0.4 is 0 Å². The highest BCUT2D eigenvalue weighted by molar-refractivity contribution is 5.52. The third kappa shape index (κ3) is 3.00. The summed E-state index contributed by atoms with van der Waals surface area (Å²) < 4.78 is 14.9. The topological polar surface area (TPSA) is 35.1 Å². The van der Waals surface area contributed by atoms with Crippen molar-refractivity contribution in [3.63, 3.8) is 0 Å². The summed E-state index contributed by atoms with van der Waals surface area (Å²) in [5.74, 6) is 5.39. The van der Waals surface area contributed by atoms with E-state index in [1.807, 2.05) is 18.2 Å². The van der Waals surface area contributed by atoms with E-state index in [0.29, 0.717) is 16.9 Å². The van der Waals surface area contributed by atoms with Gasteiger partial charge in [-0.25, -0.2) is 18.9 Å². The molecule has 0 radical (unpaired) electrons. The third-order valence-electron chi connectivity index (χ3n) is 2.84. The minimum atomic E-state index is -0.472. The number of nitrogens with zero attached hydrogens (tertiary/aromatic N) is 4. The first-order valence-electron chi connectivity index (χ1n) is 6.41. The minimum absolute atomic E-state index is 0.228. The van der Waals surface area contributed by atoms with E-state index >= 15 is 0 Å². The van der Waals surface area contributed by atoms with Crippen LogP contribution in [0.3, 0.4) is 0 Å². The molecule has 0 bridgehead atoms. The van der Waals surface area contributed by atoms with Gasteiger partial charge in [0.1, 0.15) is 11.5 Å². The van der Waals surface area contributed by atoms with Crippen molar-refractivity contribution in [2.24, 2.45) is 0 Å². The minimum Gasteiger partial charge on any atom is -0.248 e. The summed E-state index contributed by atoms with van der Waals surface area (Å²) >= 11 is 0. The molecule has 4 nitrogen and oxygen atoms in total. The molecule has 0 amide bonds. The smallest absolute Gasteiger partial charge is 0.192 e. The average molecular weight is 288 g/mol. The fourth-order valence-corrected chi connectivity index (χ4v) is 1.86. The van der Waals surface area contributed by atoms with E-state index in [-0.39, 0.29) is 5.69 Å². The maximum Gasteiger partial charge on any atom is 0.192 e. The molecule has 3 aromatic rings. The SMILES string of the molecule is [C-]#[N+]c1cc(F)cc(-n2cc(C#Cc3ccccn3)cn2)c1. The van der Waals surface area contributed by atoms with Crippen LogP contribution in [-0.2, 0) is 0 Å². The monoisotopic (exact) mass is 288 g/mol. The Morgan fingerprint density at radius 2 is 2.09 bits per heavy atom. The number of halogens is 1. The first-order chi connectivity index (χ1) is 10.7. The zero-order valence-corrected chi connectivity index (χ0v) is 11.4. The van der Waals surface area contributed by atoms with Crippen LogP contribution in [0.2, 0.25) is 0 Å². The summed E-state index contributed by atoms with van der Waals surface area (Å²) in [4.78, 5) is 7.34. The molecule has 0 unspecified atom stereocenters. The van der Waals surface area contributed by atoms with Crippen molar-refractivity contribution in [2.75, 3.05) is 0 Å². The summed E-state index contributed by atoms with van der Waals surface area (Å²) in [6.45, 7) is 6.97. The van der Waals surface area contributed by atoms with Gasteiger partial charge in [0, 0.05) is 12.4 Å². The molecule has 104 valence electrons. The number of pyridine rings is 1. The molecule has 0 atom stereocenters. The lowest BCUT2D eigenvalue weighted by molar-refractivity contribution is 0.626. The van der Waals surface area contributed by atoms with E-state index in [1.165, 1.54) is 16.8 Å². The van der Waals surface area contributed by atoms with Crippen molar-refractivity contribution < 1.29 is 4.39 Å². The van der Waals surface area contributed by atoms with Gasteiger partial charge >= 0.3 is 0 Å². The molecule has 0 saturated heterocycles. The van der Waals surface area contributed by atoms with Gasteiger partial charge in [-0.15, -0.1) is 0 Å². The van der Waals surface area contributed by atoms with E-state index in [2.05, 4.69) is 26.8 Å². The van der Waals surface area contributed by atoms with Gasteiger partial charge in [-0.3, -0.25) is 0 Å². The first kappa shape index (κ1) is 13.5. The maximum atomic E-state index is 13.5. The standard InChI is InChI=1S/C17H9FN4/c1-19-16-8-14(18)9-17(10-16)22-12-13(11-21-22)5-6-15-4-2-3-7-20-15/h2-4,7-12H. The third-order valence-corrected chi connectivity index (χ3v) is 2.84. The second-order valence-corrected chi connectivity index (χ2v) is 4.42. The molecule has 3 rings (SSSR count). The van der Waals surface area contributed by atoms with Crippen molar-refractivity contribution in [3.05, 3.63) is 83.5 Å². The molecule has 0 spiro atoms. The number of aromatic nitrogens is 3. The number of benzene rings is 1. The molecule has 1 aromatic carbocycles. The van der Waals surface area contributed by atoms with Gasteiger partial charge in [-0.2, -0.15) is 5.10 Å². The largest absolute Gasteiger partial charge is 0.248 e. The van der Waals surface area contributed by atoms with Crippen molar-refractivity contribution in [3.8, 4) is 17.5 Å². The van der Waals surface area contributed by atoms with Crippen LogP contribution >= 0.6 is 0 Å². The zero-order chi connectivity index (χ0) is 15.4. The lowest BCUT2D eigenvalue weighted by Crippen LogP contribution is -1.94. The summed E-state index contributed by atoms with van der Waals surface area (Å²) in [7, 11) is 0. The molecule has 0 saturated carbocycles. The second kappa shape index (κ2) is 5.90. The highest BCUT2D eigenvalue weighted by atomic mass is 19.1. The van der Waals surface area contributed by atoms with Crippen molar-refractivity contribution in [2.45, 2.75) is 0 Å². The molecular weight excluding hydrogens is 279 g/mol. The van der Waals surface area contributed by atoms with Gasteiger partial charge in [0.25, 0.3) is 0 Å². The van der Waals surface area contributed by atoms with Crippen LogP contribution in [0.4, 0.5) is 10.1 Å². The van der Waals surface area contributed by atoms with Gasteiger partial charge < -0.3 is 0 Å². The van der Waals surface area contributed by atoms with Gasteiger partial charge in [-0.05, 0) is 36.3 Å². The van der Waals surface area contributed by atoms with Gasteiger partial charge in [0.05, 0.1) is 24.0 Å². The van der Waals surface area contributed by atoms with Gasteiger partial charge in [0.15, 0.2) is 5.69 Å². The van der Waals surface area contributed by atoms with Crippen LogP contribution in [0.25, 0.3) is 10.5 Å². The van der Waals surface area contributed by atoms with Crippen LogP contribution in [0.15, 0.2) is 55.0 Å². The predicted octanol–water partition coefficient (Wildman–Crippen LogP) is 3.36. The second-order valence-electron chi connectivity index (χ2n) is 4.42. The fraction of sp³-hybridized carbons (Fsp3) is 0. The Morgan fingerprint density at radius 3 is 2.86 bits per heavy atom. The van der Waals surface area contributed by atoms with E-state index in [1.54, 1.807) is 24.7 Å². The molecule has 0 aliphatic heterocycles. The Kier molecular flexibility index (Phi) is 3.63. The van der Waals surface area contributed by atoms with Crippen molar-refractivity contribution >= 4 is 5.69 Å². The lowest BCUT2D eigenvalue weighted by atomic mass is 10.2. The Hall–Kier alpha value is -3.44. The Labute approximate surface area is 126 Å². The predicted molar refractivity (Wildman–Crippen MR) is 80.0 cm³/mol. The lowest BCUT2D eigenvalue weighted by Gasteiger charge is -2.01. The first-order valence-corrected chi connectivity index (χ1v) is 6.41.